The molecule has 2 aliphatic carbocycles. The highest BCUT2D eigenvalue weighted by Gasteiger charge is 2.32. The molecule has 0 N–H and O–H groups in total. The van der Waals surface area contributed by atoms with E-state index in [-0.39, 0.29) is 5.78 Å². The smallest absolute Gasteiger partial charge is 0.189 e. The summed E-state index contributed by atoms with van der Waals surface area (Å²) in [5.74, 6) is 0.258. The molecule has 0 bridgehead atoms. The van der Waals surface area contributed by atoms with Crippen LogP contribution in [0.3, 0.4) is 0 Å². The van der Waals surface area contributed by atoms with Gasteiger partial charge < -0.3 is 0 Å². The van der Waals surface area contributed by atoms with Gasteiger partial charge in [-0.25, -0.2) is 0 Å². The zero-order valence-electron chi connectivity index (χ0n) is 14.3. The molecular weight excluding hydrogens is 280 g/mol. The Kier molecular flexibility index (Phi) is 3.09. The fraction of sp³-hybridized carbons (Fsp3) is 0.318. The summed E-state index contributed by atoms with van der Waals surface area (Å²) in [6.45, 7) is 8.54. The van der Waals surface area contributed by atoms with E-state index in [0.29, 0.717) is 0 Å². The second-order valence-electron chi connectivity index (χ2n) is 7.18. The molecule has 0 spiro atoms. The number of rotatable bonds is 0. The number of benzene rings is 2. The second-order valence-corrected chi connectivity index (χ2v) is 7.18. The Morgan fingerprint density at radius 2 is 1.30 bits per heavy atom. The Morgan fingerprint density at radius 1 is 0.696 bits per heavy atom. The van der Waals surface area contributed by atoms with Gasteiger partial charge >= 0.3 is 0 Å². The lowest BCUT2D eigenvalue weighted by Gasteiger charge is -2.08. The van der Waals surface area contributed by atoms with Crippen LogP contribution >= 0.6 is 0 Å². The van der Waals surface area contributed by atoms with E-state index in [1.807, 2.05) is 0 Å². The van der Waals surface area contributed by atoms with Crippen molar-refractivity contribution in [3.63, 3.8) is 0 Å². The van der Waals surface area contributed by atoms with Crippen molar-refractivity contribution < 1.29 is 4.79 Å². The molecule has 1 nitrogen and oxygen atoms in total. The van der Waals surface area contributed by atoms with Crippen LogP contribution in [0.4, 0.5) is 0 Å². The van der Waals surface area contributed by atoms with Crippen LogP contribution in [0.2, 0.25) is 0 Å². The highest BCUT2D eigenvalue weighted by atomic mass is 16.1. The van der Waals surface area contributed by atoms with E-state index in [9.17, 15) is 4.79 Å². The van der Waals surface area contributed by atoms with Gasteiger partial charge in [-0.05, 0) is 80.0 Å². The lowest BCUT2D eigenvalue weighted by Crippen LogP contribution is -1.99. The molecule has 2 aromatic carbocycles. The van der Waals surface area contributed by atoms with Gasteiger partial charge in [-0.2, -0.15) is 0 Å². The first-order chi connectivity index (χ1) is 11.0. The van der Waals surface area contributed by atoms with Gasteiger partial charge in [-0.3, -0.25) is 4.79 Å². The predicted molar refractivity (Wildman–Crippen MR) is 95.1 cm³/mol. The van der Waals surface area contributed by atoms with Crippen molar-refractivity contribution in [2.24, 2.45) is 0 Å². The van der Waals surface area contributed by atoms with Crippen molar-refractivity contribution in [3.05, 3.63) is 74.3 Å². The van der Waals surface area contributed by atoms with Crippen LogP contribution in [-0.4, -0.2) is 5.78 Å². The first-order valence-electron chi connectivity index (χ1n) is 8.43. The fourth-order valence-corrected chi connectivity index (χ4v) is 4.39. The normalized spacial score (nSPS) is 19.2. The first-order valence-corrected chi connectivity index (χ1v) is 8.43. The quantitative estimate of drug-likeness (QED) is 0.622. The van der Waals surface area contributed by atoms with E-state index < -0.39 is 0 Å². The second kappa shape index (κ2) is 4.92. The van der Waals surface area contributed by atoms with Gasteiger partial charge in [0.15, 0.2) is 5.78 Å². The maximum Gasteiger partial charge on any atom is 0.189 e. The fourth-order valence-electron chi connectivity index (χ4n) is 4.39. The van der Waals surface area contributed by atoms with Crippen LogP contribution < -0.4 is 0 Å². The third-order valence-electron chi connectivity index (χ3n) is 5.42. The van der Waals surface area contributed by atoms with Crippen LogP contribution in [0.5, 0.6) is 0 Å². The first kappa shape index (κ1) is 14.4. The molecule has 0 aromatic heterocycles. The average Bonchev–Trinajstić information content (AvgIpc) is 3.01. The summed E-state index contributed by atoms with van der Waals surface area (Å²) in [4.78, 5) is 13.0. The van der Waals surface area contributed by atoms with Gasteiger partial charge in [0.25, 0.3) is 0 Å². The van der Waals surface area contributed by atoms with Crippen molar-refractivity contribution in [1.29, 1.82) is 0 Å². The molecule has 23 heavy (non-hydrogen) atoms. The number of hydrogen-bond donors (Lipinski definition) is 0. The van der Waals surface area contributed by atoms with Crippen LogP contribution in [0.25, 0.3) is 5.57 Å². The molecule has 0 unspecified atom stereocenters. The Balaban J connectivity index is 1.90. The van der Waals surface area contributed by atoms with Crippen LogP contribution in [0.1, 0.15) is 55.7 Å². The van der Waals surface area contributed by atoms with E-state index >= 15 is 0 Å². The topological polar surface area (TPSA) is 17.1 Å². The molecule has 116 valence electrons. The van der Waals surface area contributed by atoms with Crippen molar-refractivity contribution in [3.8, 4) is 0 Å². The molecule has 0 aliphatic heterocycles. The maximum absolute atomic E-state index is 13.0. The minimum atomic E-state index is 0.258. The summed E-state index contributed by atoms with van der Waals surface area (Å²) in [6, 6.07) is 8.78. The number of Topliss-reactive ketones (excluding diaryl/α,β-unsaturated/α-hetero) is 1. The van der Waals surface area contributed by atoms with E-state index in [0.717, 1.165) is 30.4 Å². The Labute approximate surface area is 138 Å². The van der Waals surface area contributed by atoms with Crippen LogP contribution in [0.15, 0.2) is 29.8 Å². The van der Waals surface area contributed by atoms with Crippen molar-refractivity contribution in [2.75, 3.05) is 0 Å². The SMILES string of the molecule is Cc1cc(C)c2c(c1)C(=O)/C(=C1/CCc3c(C)cc(C)cc31)C2. The molecule has 4 rings (SSSR count). The molecule has 0 saturated heterocycles. The summed E-state index contributed by atoms with van der Waals surface area (Å²) in [7, 11) is 0. The average molecular weight is 302 g/mol. The van der Waals surface area contributed by atoms with Gasteiger partial charge in [0, 0.05) is 17.6 Å². The van der Waals surface area contributed by atoms with Gasteiger partial charge in [-0.15, -0.1) is 0 Å². The number of carbonyl (C=O) groups excluding carboxylic acids is 1. The highest BCUT2D eigenvalue weighted by Crippen LogP contribution is 2.41. The zero-order chi connectivity index (χ0) is 16.3. The number of hydrogen-bond acceptors (Lipinski definition) is 1. The number of ketones is 1. The Hall–Kier alpha value is -2.15. The summed E-state index contributed by atoms with van der Waals surface area (Å²) in [5, 5.41) is 0. The summed E-state index contributed by atoms with van der Waals surface area (Å²) in [6.07, 6.45) is 2.89. The molecule has 2 aliphatic rings. The monoisotopic (exact) mass is 302 g/mol. The molecule has 0 amide bonds. The highest BCUT2D eigenvalue weighted by molar-refractivity contribution is 6.17. The molecule has 0 fully saturated rings. The van der Waals surface area contributed by atoms with Crippen molar-refractivity contribution >= 4 is 11.4 Å². The van der Waals surface area contributed by atoms with Crippen LogP contribution in [-0.2, 0) is 12.8 Å². The molecule has 0 saturated carbocycles. The number of allylic oxidation sites excluding steroid dienone is 2. The summed E-state index contributed by atoms with van der Waals surface area (Å²) < 4.78 is 0. The predicted octanol–water partition coefficient (Wildman–Crippen LogP) is 5.06. The molecule has 0 atom stereocenters. The molecule has 0 radical (unpaired) electrons. The molecule has 0 heterocycles. The summed E-state index contributed by atoms with van der Waals surface area (Å²) >= 11 is 0. The minimum absolute atomic E-state index is 0.258. The van der Waals surface area contributed by atoms with Crippen LogP contribution in [0, 0.1) is 27.7 Å². The molecule has 1 heteroatoms. The Bertz CT molecular complexity index is 897. The van der Waals surface area contributed by atoms with E-state index in [2.05, 4.69) is 52.0 Å². The standard InChI is InChI=1S/C22H22O/c1-12-7-14(3)16-5-6-17(19(16)9-12)21-11-18-15(4)8-13(2)10-20(18)22(21)23/h7-10H,5-6,11H2,1-4H3/b21-17-. The molecular formula is C22H22O. The Morgan fingerprint density at radius 3 is 2.00 bits per heavy atom. The van der Waals surface area contributed by atoms with E-state index in [1.54, 1.807) is 0 Å². The van der Waals surface area contributed by atoms with E-state index in [4.69, 9.17) is 0 Å². The number of aryl methyl sites for hydroxylation is 4. The van der Waals surface area contributed by atoms with Crippen molar-refractivity contribution in [2.45, 2.75) is 47.0 Å². The lowest BCUT2D eigenvalue weighted by atomic mass is 9.95. The molecule has 2 aromatic rings. The number of carbonyl (C=O) groups is 1. The number of fused-ring (bicyclic) bond motifs is 2. The minimum Gasteiger partial charge on any atom is -0.289 e. The van der Waals surface area contributed by atoms with Gasteiger partial charge in [0.2, 0.25) is 0 Å². The largest absolute Gasteiger partial charge is 0.289 e. The van der Waals surface area contributed by atoms with Gasteiger partial charge in [0.1, 0.15) is 0 Å². The van der Waals surface area contributed by atoms with Gasteiger partial charge in [-0.1, -0.05) is 29.3 Å². The van der Waals surface area contributed by atoms with E-state index in [1.165, 1.54) is 44.5 Å². The van der Waals surface area contributed by atoms with Crippen molar-refractivity contribution in [1.82, 2.24) is 0 Å². The van der Waals surface area contributed by atoms with Gasteiger partial charge in [0.05, 0.1) is 0 Å². The maximum atomic E-state index is 13.0. The summed E-state index contributed by atoms with van der Waals surface area (Å²) in [5.41, 5.74) is 12.4. The lowest BCUT2D eigenvalue weighted by molar-refractivity contribution is 0.104. The third-order valence-corrected chi connectivity index (χ3v) is 5.42. The third kappa shape index (κ3) is 2.10. The zero-order valence-corrected chi connectivity index (χ0v) is 14.3.